The number of amides is 2. The van der Waals surface area contributed by atoms with E-state index in [1.165, 1.54) is 17.9 Å². The van der Waals surface area contributed by atoms with Gasteiger partial charge in [0.2, 0.25) is 5.91 Å². The van der Waals surface area contributed by atoms with E-state index < -0.39 is 29.0 Å². The number of carbonyl (C=O) groups excluding carboxylic acids is 3. The maximum absolute atomic E-state index is 15.0. The first-order valence-corrected chi connectivity index (χ1v) is 11.2. The van der Waals surface area contributed by atoms with Crippen LogP contribution in [0.1, 0.15) is 46.2 Å². The number of ether oxygens (including phenoxy) is 2. The minimum atomic E-state index is -0.724. The zero-order valence-electron chi connectivity index (χ0n) is 19.7. The summed E-state index contributed by atoms with van der Waals surface area (Å²) >= 11 is 0. The topological polar surface area (TPSA) is 97.8 Å². The number of hydrogen-bond acceptors (Lipinski definition) is 6. The summed E-state index contributed by atoms with van der Waals surface area (Å²) in [6.07, 6.45) is 1.80. The Labute approximate surface area is 197 Å². The smallest absolute Gasteiger partial charge is 0.414 e. The second-order valence-electron chi connectivity index (χ2n) is 9.73. The van der Waals surface area contributed by atoms with Crippen molar-refractivity contribution in [2.45, 2.75) is 57.7 Å². The summed E-state index contributed by atoms with van der Waals surface area (Å²) in [6, 6.07) is 7.96. The first kappa shape index (κ1) is 23.7. The van der Waals surface area contributed by atoms with E-state index in [1.807, 2.05) is 20.8 Å². The molecular weight excluding hydrogens is 441 g/mol. The molecule has 0 bridgehead atoms. The van der Waals surface area contributed by atoms with Gasteiger partial charge in [0.05, 0.1) is 24.5 Å². The average Bonchev–Trinajstić information content (AvgIpc) is 3.49. The largest absolute Gasteiger partial charge is 0.459 e. The second kappa shape index (κ2) is 8.70. The molecule has 1 aliphatic carbocycles. The highest BCUT2D eigenvalue weighted by Gasteiger charge is 2.55. The number of pyridine rings is 1. The van der Waals surface area contributed by atoms with Crippen LogP contribution in [0, 0.1) is 5.82 Å². The molecule has 1 saturated heterocycles. The number of hydrogen-bond donors (Lipinski definition) is 1. The Balaban J connectivity index is 1.48. The lowest BCUT2D eigenvalue weighted by molar-refractivity contribution is -0.158. The summed E-state index contributed by atoms with van der Waals surface area (Å²) in [5, 5.41) is 2.61. The van der Waals surface area contributed by atoms with E-state index in [2.05, 4.69) is 10.3 Å². The van der Waals surface area contributed by atoms with Crippen molar-refractivity contribution < 1.29 is 28.2 Å². The van der Waals surface area contributed by atoms with E-state index in [-0.39, 0.29) is 25.0 Å². The fourth-order valence-electron chi connectivity index (χ4n) is 3.90. The van der Waals surface area contributed by atoms with Gasteiger partial charge in [-0.2, -0.15) is 0 Å². The van der Waals surface area contributed by atoms with Crippen molar-refractivity contribution in [1.29, 1.82) is 0 Å². The zero-order valence-corrected chi connectivity index (χ0v) is 19.7. The summed E-state index contributed by atoms with van der Waals surface area (Å²) in [5.74, 6) is -1.02. The molecule has 8 nitrogen and oxygen atoms in total. The number of halogens is 1. The van der Waals surface area contributed by atoms with Gasteiger partial charge in [0.15, 0.2) is 0 Å². The van der Waals surface area contributed by atoms with E-state index in [9.17, 15) is 18.8 Å². The second-order valence-corrected chi connectivity index (χ2v) is 9.73. The van der Waals surface area contributed by atoms with Crippen molar-refractivity contribution in [2.75, 3.05) is 18.0 Å². The number of benzene rings is 1. The summed E-state index contributed by atoms with van der Waals surface area (Å²) in [7, 11) is 0. The summed E-state index contributed by atoms with van der Waals surface area (Å²) in [4.78, 5) is 41.7. The van der Waals surface area contributed by atoms with Crippen molar-refractivity contribution >= 4 is 23.7 Å². The maximum Gasteiger partial charge on any atom is 0.414 e. The minimum Gasteiger partial charge on any atom is -0.459 e. The molecule has 1 aromatic heterocycles. The number of anilines is 1. The van der Waals surface area contributed by atoms with Crippen molar-refractivity contribution in [3.05, 3.63) is 48.0 Å². The van der Waals surface area contributed by atoms with Crippen molar-refractivity contribution in [3.63, 3.8) is 0 Å². The fraction of sp³-hybridized carbons (Fsp3) is 0.440. The Hall–Kier alpha value is -3.49. The Morgan fingerprint density at radius 3 is 2.56 bits per heavy atom. The lowest BCUT2D eigenvalue weighted by atomic mass is 9.99. The quantitative estimate of drug-likeness (QED) is 0.648. The van der Waals surface area contributed by atoms with Crippen LogP contribution in [-0.2, 0) is 24.5 Å². The Morgan fingerprint density at radius 2 is 2.00 bits per heavy atom. The lowest BCUT2D eigenvalue weighted by Crippen LogP contribution is -2.33. The third-order valence-corrected chi connectivity index (χ3v) is 5.82. The zero-order chi connectivity index (χ0) is 24.7. The highest BCUT2D eigenvalue weighted by molar-refractivity contribution is 5.90. The number of carbonyl (C=O) groups is 3. The maximum atomic E-state index is 15.0. The molecule has 1 aromatic carbocycles. The first-order chi connectivity index (χ1) is 16.0. The first-order valence-electron chi connectivity index (χ1n) is 11.2. The van der Waals surface area contributed by atoms with Gasteiger partial charge in [0, 0.05) is 24.2 Å². The monoisotopic (exact) mass is 469 g/mol. The van der Waals surface area contributed by atoms with Gasteiger partial charge in [-0.05, 0) is 57.9 Å². The van der Waals surface area contributed by atoms with Gasteiger partial charge in [-0.1, -0.05) is 6.07 Å². The summed E-state index contributed by atoms with van der Waals surface area (Å²) in [5.41, 5.74) is 0.560. The predicted octanol–water partition coefficient (Wildman–Crippen LogP) is 3.72. The molecule has 1 N–H and O–H groups in total. The van der Waals surface area contributed by atoms with Gasteiger partial charge < -0.3 is 14.8 Å². The van der Waals surface area contributed by atoms with E-state index >= 15 is 0 Å². The average molecular weight is 470 g/mol. The standard InChI is InChI=1S/C25H28FN3O5/c1-15(30)27-13-18-14-29(23(32)33-18)17-6-7-19(20(26)11-17)16-5-8-21(28-12-16)25(9-10-25)22(31)34-24(2,3)4/h5-8,11-12,18H,9-10,13-14H2,1-4H3,(H,27,30). The van der Waals surface area contributed by atoms with Gasteiger partial charge in [0.1, 0.15) is 22.9 Å². The molecule has 1 unspecified atom stereocenters. The van der Waals surface area contributed by atoms with Crippen LogP contribution < -0.4 is 10.2 Å². The van der Waals surface area contributed by atoms with E-state index in [4.69, 9.17) is 9.47 Å². The number of rotatable bonds is 6. The van der Waals surface area contributed by atoms with Crippen LogP contribution in [0.2, 0.25) is 0 Å². The van der Waals surface area contributed by atoms with Gasteiger partial charge >= 0.3 is 12.1 Å². The molecule has 34 heavy (non-hydrogen) atoms. The summed E-state index contributed by atoms with van der Waals surface area (Å²) < 4.78 is 25.8. The molecule has 2 fully saturated rings. The Bertz CT molecular complexity index is 1120. The molecular formula is C25H28FN3O5. The van der Waals surface area contributed by atoms with Crippen LogP contribution in [0.3, 0.4) is 0 Å². The molecule has 2 amide bonds. The summed E-state index contributed by atoms with van der Waals surface area (Å²) in [6.45, 7) is 7.27. The van der Waals surface area contributed by atoms with Crippen LogP contribution in [0.4, 0.5) is 14.9 Å². The molecule has 2 heterocycles. The van der Waals surface area contributed by atoms with Gasteiger partial charge in [-0.15, -0.1) is 0 Å². The van der Waals surface area contributed by atoms with E-state index in [0.29, 0.717) is 35.3 Å². The van der Waals surface area contributed by atoms with E-state index in [0.717, 1.165) is 0 Å². The van der Waals surface area contributed by atoms with Gasteiger partial charge in [-0.3, -0.25) is 19.5 Å². The van der Waals surface area contributed by atoms with Crippen LogP contribution in [0.15, 0.2) is 36.5 Å². The van der Waals surface area contributed by atoms with Crippen molar-refractivity contribution in [1.82, 2.24) is 10.3 Å². The third-order valence-electron chi connectivity index (χ3n) is 5.82. The molecule has 1 saturated carbocycles. The van der Waals surface area contributed by atoms with Crippen LogP contribution >= 0.6 is 0 Å². The number of cyclic esters (lactones) is 1. The van der Waals surface area contributed by atoms with Crippen LogP contribution in [0.25, 0.3) is 11.1 Å². The third kappa shape index (κ3) is 4.88. The molecule has 2 aliphatic rings. The Morgan fingerprint density at radius 1 is 1.26 bits per heavy atom. The fourth-order valence-corrected chi connectivity index (χ4v) is 3.90. The highest BCUT2D eigenvalue weighted by atomic mass is 19.1. The number of esters is 1. The lowest BCUT2D eigenvalue weighted by Gasteiger charge is -2.23. The minimum absolute atomic E-state index is 0.195. The molecule has 0 spiro atoms. The molecule has 9 heteroatoms. The normalized spacial score (nSPS) is 18.9. The van der Waals surface area contributed by atoms with Crippen molar-refractivity contribution in [3.8, 4) is 11.1 Å². The number of nitrogens with zero attached hydrogens (tertiary/aromatic N) is 2. The Kier molecular flexibility index (Phi) is 6.05. The van der Waals surface area contributed by atoms with Crippen LogP contribution in [-0.4, -0.2) is 47.7 Å². The number of aromatic nitrogens is 1. The highest BCUT2D eigenvalue weighted by Crippen LogP contribution is 2.49. The van der Waals surface area contributed by atoms with Crippen LogP contribution in [0.5, 0.6) is 0 Å². The molecule has 4 rings (SSSR count). The predicted molar refractivity (Wildman–Crippen MR) is 123 cm³/mol. The molecule has 1 aliphatic heterocycles. The molecule has 0 radical (unpaired) electrons. The van der Waals surface area contributed by atoms with E-state index in [1.54, 1.807) is 30.5 Å². The van der Waals surface area contributed by atoms with Gasteiger partial charge in [-0.25, -0.2) is 9.18 Å². The molecule has 180 valence electrons. The molecule has 1 atom stereocenters. The SMILES string of the molecule is CC(=O)NCC1CN(c2ccc(-c3ccc(C4(C(=O)OC(C)(C)C)CC4)nc3)c(F)c2)C(=O)O1. The number of nitrogens with one attached hydrogen (secondary N) is 1. The van der Waals surface area contributed by atoms with Crippen molar-refractivity contribution in [2.24, 2.45) is 0 Å². The van der Waals surface area contributed by atoms with Gasteiger partial charge in [0.25, 0.3) is 0 Å². The molecule has 2 aromatic rings.